The third-order valence-corrected chi connectivity index (χ3v) is 5.42. The van der Waals surface area contributed by atoms with Gasteiger partial charge < -0.3 is 5.32 Å². The second-order valence-electron chi connectivity index (χ2n) is 6.05. The van der Waals surface area contributed by atoms with E-state index in [4.69, 9.17) is 0 Å². The fourth-order valence-corrected chi connectivity index (χ4v) is 3.78. The summed E-state index contributed by atoms with van der Waals surface area (Å²) >= 11 is 5.27. The zero-order chi connectivity index (χ0) is 13.1. The fraction of sp³-hybridized carbons (Fsp3) is 0.923. The summed E-state index contributed by atoms with van der Waals surface area (Å²) in [5.74, 6) is 1.34. The standard InChI is InChI=1S/C13H24BrNOS/c1-12(2,3)10(6-8-14)15-11(16)13(4)7-5-9-17-13/h10H,5-9H2,1-4H3,(H,15,16). The van der Waals surface area contributed by atoms with Gasteiger partial charge in [-0.15, -0.1) is 11.8 Å². The second kappa shape index (κ2) is 5.96. The van der Waals surface area contributed by atoms with E-state index in [2.05, 4.69) is 48.9 Å². The summed E-state index contributed by atoms with van der Waals surface area (Å²) in [5, 5.41) is 4.18. The lowest BCUT2D eigenvalue weighted by atomic mass is 9.84. The maximum Gasteiger partial charge on any atom is 0.236 e. The van der Waals surface area contributed by atoms with Gasteiger partial charge in [0.05, 0.1) is 4.75 Å². The molecule has 0 aromatic rings. The van der Waals surface area contributed by atoms with Crippen molar-refractivity contribution < 1.29 is 4.79 Å². The number of hydrogen-bond donors (Lipinski definition) is 1. The molecule has 1 fully saturated rings. The van der Waals surface area contributed by atoms with Crippen LogP contribution < -0.4 is 5.32 Å². The third-order valence-electron chi connectivity index (χ3n) is 3.45. The zero-order valence-corrected chi connectivity index (χ0v) is 13.7. The summed E-state index contributed by atoms with van der Waals surface area (Å²) in [6.45, 7) is 8.63. The smallest absolute Gasteiger partial charge is 0.236 e. The van der Waals surface area contributed by atoms with Crippen molar-refractivity contribution in [3.8, 4) is 0 Å². The molecule has 0 aliphatic carbocycles. The Bertz CT molecular complexity index is 269. The average molecular weight is 322 g/mol. The minimum absolute atomic E-state index is 0.114. The average Bonchev–Trinajstić information content (AvgIpc) is 2.64. The van der Waals surface area contributed by atoms with Crippen molar-refractivity contribution in [3.05, 3.63) is 0 Å². The van der Waals surface area contributed by atoms with Gasteiger partial charge in [0.25, 0.3) is 0 Å². The van der Waals surface area contributed by atoms with Crippen LogP contribution in [0.2, 0.25) is 0 Å². The highest BCUT2D eigenvalue weighted by Gasteiger charge is 2.39. The number of carbonyl (C=O) groups is 1. The van der Waals surface area contributed by atoms with Gasteiger partial charge in [0, 0.05) is 11.4 Å². The van der Waals surface area contributed by atoms with Crippen molar-refractivity contribution in [2.24, 2.45) is 5.41 Å². The molecule has 0 aromatic heterocycles. The van der Waals surface area contributed by atoms with Crippen LogP contribution in [-0.4, -0.2) is 27.8 Å². The van der Waals surface area contributed by atoms with E-state index in [1.54, 1.807) is 11.8 Å². The van der Waals surface area contributed by atoms with E-state index in [1.165, 1.54) is 0 Å². The second-order valence-corrected chi connectivity index (χ2v) is 8.44. The quantitative estimate of drug-likeness (QED) is 0.802. The number of halogens is 1. The van der Waals surface area contributed by atoms with Crippen LogP contribution in [0.3, 0.4) is 0 Å². The van der Waals surface area contributed by atoms with Crippen molar-refractivity contribution in [2.75, 3.05) is 11.1 Å². The molecular weight excluding hydrogens is 298 g/mol. The van der Waals surface area contributed by atoms with Crippen LogP contribution in [0.1, 0.15) is 47.0 Å². The van der Waals surface area contributed by atoms with Crippen LogP contribution in [0.5, 0.6) is 0 Å². The highest BCUT2D eigenvalue weighted by molar-refractivity contribution is 9.09. The highest BCUT2D eigenvalue weighted by atomic mass is 79.9. The number of carbonyl (C=O) groups excluding carboxylic acids is 1. The first-order valence-corrected chi connectivity index (χ1v) is 8.41. The molecule has 17 heavy (non-hydrogen) atoms. The number of thioether (sulfide) groups is 1. The normalized spacial score (nSPS) is 26.9. The molecule has 2 unspecified atom stereocenters. The van der Waals surface area contributed by atoms with E-state index in [0.717, 1.165) is 30.3 Å². The predicted molar refractivity (Wildman–Crippen MR) is 79.9 cm³/mol. The molecule has 2 nitrogen and oxygen atoms in total. The van der Waals surface area contributed by atoms with Crippen LogP contribution in [0.15, 0.2) is 0 Å². The molecule has 0 aromatic carbocycles. The molecular formula is C13H24BrNOS. The van der Waals surface area contributed by atoms with Crippen LogP contribution in [-0.2, 0) is 4.79 Å². The van der Waals surface area contributed by atoms with Gasteiger partial charge in [-0.1, -0.05) is 36.7 Å². The predicted octanol–water partition coefficient (Wildman–Crippen LogP) is 3.59. The van der Waals surface area contributed by atoms with Gasteiger partial charge in [-0.2, -0.15) is 0 Å². The molecule has 0 bridgehead atoms. The maximum atomic E-state index is 12.4. The third kappa shape index (κ3) is 4.16. The Morgan fingerprint density at radius 3 is 2.59 bits per heavy atom. The number of hydrogen-bond acceptors (Lipinski definition) is 2. The Labute approximate surface area is 118 Å². The molecule has 1 N–H and O–H groups in total. The van der Waals surface area contributed by atoms with Crippen LogP contribution in [0.4, 0.5) is 0 Å². The maximum absolute atomic E-state index is 12.4. The Kier molecular flexibility index (Phi) is 5.39. The lowest BCUT2D eigenvalue weighted by Gasteiger charge is -2.34. The number of nitrogens with one attached hydrogen (secondary N) is 1. The Balaban J connectivity index is 2.64. The van der Waals surface area contributed by atoms with Crippen molar-refractivity contribution in [2.45, 2.75) is 57.7 Å². The number of rotatable bonds is 4. The largest absolute Gasteiger partial charge is 0.352 e. The molecule has 4 heteroatoms. The molecule has 100 valence electrons. The lowest BCUT2D eigenvalue weighted by molar-refractivity contribution is -0.124. The molecule has 1 heterocycles. The van der Waals surface area contributed by atoms with Gasteiger partial charge >= 0.3 is 0 Å². The summed E-state index contributed by atoms with van der Waals surface area (Å²) in [7, 11) is 0. The van der Waals surface area contributed by atoms with Gasteiger partial charge in [0.2, 0.25) is 5.91 Å². The van der Waals surface area contributed by atoms with Crippen LogP contribution in [0, 0.1) is 5.41 Å². The fourth-order valence-electron chi connectivity index (χ4n) is 2.10. The topological polar surface area (TPSA) is 29.1 Å². The van der Waals surface area contributed by atoms with Gasteiger partial charge in [0.1, 0.15) is 0 Å². The van der Waals surface area contributed by atoms with E-state index in [9.17, 15) is 4.79 Å². The van der Waals surface area contributed by atoms with Crippen molar-refractivity contribution in [1.29, 1.82) is 0 Å². The summed E-state index contributed by atoms with van der Waals surface area (Å²) in [6, 6.07) is 0.243. The first-order valence-electron chi connectivity index (χ1n) is 6.30. The lowest BCUT2D eigenvalue weighted by Crippen LogP contribution is -2.50. The number of alkyl halides is 1. The highest BCUT2D eigenvalue weighted by Crippen LogP contribution is 2.38. The van der Waals surface area contributed by atoms with E-state index in [-0.39, 0.29) is 22.1 Å². The zero-order valence-electron chi connectivity index (χ0n) is 11.3. The van der Waals surface area contributed by atoms with E-state index in [1.807, 2.05) is 0 Å². The monoisotopic (exact) mass is 321 g/mol. The Morgan fingerprint density at radius 1 is 1.53 bits per heavy atom. The van der Waals surface area contributed by atoms with E-state index >= 15 is 0 Å². The summed E-state index contributed by atoms with van der Waals surface area (Å²) in [5.41, 5.74) is 0.114. The molecule has 1 aliphatic heterocycles. The first kappa shape index (κ1) is 15.4. The molecule has 0 saturated carbocycles. The molecule has 1 amide bonds. The molecule has 1 rings (SSSR count). The molecule has 0 spiro atoms. The summed E-state index contributed by atoms with van der Waals surface area (Å²) in [4.78, 5) is 12.4. The van der Waals surface area contributed by atoms with Crippen molar-refractivity contribution in [1.82, 2.24) is 5.32 Å². The van der Waals surface area contributed by atoms with Crippen LogP contribution >= 0.6 is 27.7 Å². The molecule has 0 radical (unpaired) electrons. The van der Waals surface area contributed by atoms with E-state index < -0.39 is 0 Å². The Morgan fingerprint density at radius 2 is 2.18 bits per heavy atom. The SMILES string of the molecule is CC1(C(=O)NC(CCBr)C(C)(C)C)CCCS1. The molecule has 1 aliphatic rings. The van der Waals surface area contributed by atoms with Crippen molar-refractivity contribution >= 4 is 33.6 Å². The van der Waals surface area contributed by atoms with Crippen molar-refractivity contribution in [3.63, 3.8) is 0 Å². The number of amides is 1. The van der Waals surface area contributed by atoms with Gasteiger partial charge in [-0.25, -0.2) is 0 Å². The van der Waals surface area contributed by atoms with Gasteiger partial charge in [0.15, 0.2) is 0 Å². The summed E-state index contributed by atoms with van der Waals surface area (Å²) in [6.07, 6.45) is 3.15. The van der Waals surface area contributed by atoms with Crippen LogP contribution in [0.25, 0.3) is 0 Å². The van der Waals surface area contributed by atoms with Gasteiger partial charge in [-0.05, 0) is 37.4 Å². The Hall–Kier alpha value is 0.300. The van der Waals surface area contributed by atoms with E-state index in [0.29, 0.717) is 0 Å². The first-order chi connectivity index (χ1) is 7.79. The molecule has 1 saturated heterocycles. The molecule has 2 atom stereocenters. The minimum atomic E-state index is -0.199. The summed E-state index contributed by atoms with van der Waals surface area (Å²) < 4.78 is -0.199. The van der Waals surface area contributed by atoms with Gasteiger partial charge in [-0.3, -0.25) is 4.79 Å². The minimum Gasteiger partial charge on any atom is -0.352 e.